The van der Waals surface area contributed by atoms with Crippen molar-refractivity contribution in [2.75, 3.05) is 11.9 Å². The summed E-state index contributed by atoms with van der Waals surface area (Å²) in [5.41, 5.74) is 3.36. The molecule has 0 saturated heterocycles. The average Bonchev–Trinajstić information content (AvgIpc) is 2.85. The van der Waals surface area contributed by atoms with E-state index in [0.717, 1.165) is 34.1 Å². The minimum Gasteiger partial charge on any atom is -0.487 e. The van der Waals surface area contributed by atoms with Crippen molar-refractivity contribution in [3.05, 3.63) is 34.5 Å². The number of nitrogens with one attached hydrogen (secondary N) is 1. The van der Waals surface area contributed by atoms with Gasteiger partial charge in [0.2, 0.25) is 0 Å². The van der Waals surface area contributed by atoms with Gasteiger partial charge in [-0.1, -0.05) is 4.49 Å². The largest absolute Gasteiger partial charge is 0.487 e. The summed E-state index contributed by atoms with van der Waals surface area (Å²) in [5, 5.41) is 17.2. The van der Waals surface area contributed by atoms with E-state index in [1.807, 2.05) is 32.9 Å². The monoisotopic (exact) mass is 288 g/mol. The number of hydrogen-bond donors (Lipinski definition) is 1. The Morgan fingerprint density at radius 3 is 2.65 bits per heavy atom. The Balaban J connectivity index is 2.15. The maximum Gasteiger partial charge on any atom is 0.136 e. The third kappa shape index (κ3) is 3.06. The Bertz CT molecular complexity index is 622. The van der Waals surface area contributed by atoms with Crippen molar-refractivity contribution in [2.24, 2.45) is 0 Å². The summed E-state index contributed by atoms with van der Waals surface area (Å²) >= 11 is 1.33. The maximum atomic E-state index is 8.94. The first-order valence-corrected chi connectivity index (χ1v) is 7.12. The molecular formula is C14H16N4OS. The molecule has 20 heavy (non-hydrogen) atoms. The van der Waals surface area contributed by atoms with E-state index in [2.05, 4.69) is 21.0 Å². The molecule has 1 aromatic carbocycles. The number of aryl methyl sites for hydroxylation is 2. The SMILES string of the molecule is CCNc1snnc1COc1c(C)cc(C#N)cc1C. The van der Waals surface area contributed by atoms with Crippen molar-refractivity contribution in [3.8, 4) is 11.8 Å². The van der Waals surface area contributed by atoms with Gasteiger partial charge in [-0.3, -0.25) is 0 Å². The molecule has 0 unspecified atom stereocenters. The van der Waals surface area contributed by atoms with Crippen molar-refractivity contribution in [3.63, 3.8) is 0 Å². The molecule has 0 atom stereocenters. The highest BCUT2D eigenvalue weighted by atomic mass is 32.1. The van der Waals surface area contributed by atoms with Gasteiger partial charge in [0.15, 0.2) is 0 Å². The van der Waals surface area contributed by atoms with Crippen LogP contribution in [0.15, 0.2) is 12.1 Å². The van der Waals surface area contributed by atoms with Gasteiger partial charge in [-0.25, -0.2) is 0 Å². The number of nitriles is 1. The lowest BCUT2D eigenvalue weighted by Crippen LogP contribution is -2.04. The molecule has 0 aliphatic heterocycles. The number of nitrogens with zero attached hydrogens (tertiary/aromatic N) is 3. The second-order valence-corrected chi connectivity index (χ2v) is 5.17. The van der Waals surface area contributed by atoms with Crippen molar-refractivity contribution in [1.29, 1.82) is 5.26 Å². The number of rotatable bonds is 5. The van der Waals surface area contributed by atoms with Crippen LogP contribution < -0.4 is 10.1 Å². The summed E-state index contributed by atoms with van der Waals surface area (Å²) < 4.78 is 9.78. The standard InChI is InChI=1S/C14H16N4OS/c1-4-16-14-12(17-18-20-14)8-19-13-9(2)5-11(7-15)6-10(13)3/h5-6,16H,4,8H2,1-3H3. The Kier molecular flexibility index (Phi) is 4.53. The van der Waals surface area contributed by atoms with E-state index >= 15 is 0 Å². The topological polar surface area (TPSA) is 70.8 Å². The van der Waals surface area contributed by atoms with E-state index in [1.54, 1.807) is 0 Å². The molecule has 0 fully saturated rings. The highest BCUT2D eigenvalue weighted by Gasteiger charge is 2.11. The number of hydrogen-bond acceptors (Lipinski definition) is 6. The van der Waals surface area contributed by atoms with Crippen LogP contribution in [0.5, 0.6) is 5.75 Å². The molecule has 1 aromatic heterocycles. The number of anilines is 1. The Morgan fingerprint density at radius 2 is 2.05 bits per heavy atom. The Morgan fingerprint density at radius 1 is 1.35 bits per heavy atom. The molecule has 104 valence electrons. The predicted molar refractivity (Wildman–Crippen MR) is 79.0 cm³/mol. The fourth-order valence-electron chi connectivity index (χ4n) is 1.98. The zero-order chi connectivity index (χ0) is 14.5. The maximum absolute atomic E-state index is 8.94. The summed E-state index contributed by atoms with van der Waals surface area (Å²) in [6, 6.07) is 5.80. The zero-order valence-electron chi connectivity index (χ0n) is 11.7. The van der Waals surface area contributed by atoms with Gasteiger partial charge in [-0.15, -0.1) is 5.10 Å². The second-order valence-electron chi connectivity index (χ2n) is 4.42. The van der Waals surface area contributed by atoms with Crippen LogP contribution in [0.1, 0.15) is 29.3 Å². The normalized spacial score (nSPS) is 10.1. The van der Waals surface area contributed by atoms with Gasteiger partial charge in [0.1, 0.15) is 23.1 Å². The summed E-state index contributed by atoms with van der Waals surface area (Å²) in [6.07, 6.45) is 0. The molecule has 1 heterocycles. The molecule has 0 spiro atoms. The highest BCUT2D eigenvalue weighted by molar-refractivity contribution is 7.10. The first-order chi connectivity index (χ1) is 9.65. The van der Waals surface area contributed by atoms with Gasteiger partial charge >= 0.3 is 0 Å². The van der Waals surface area contributed by atoms with Crippen molar-refractivity contribution in [2.45, 2.75) is 27.4 Å². The van der Waals surface area contributed by atoms with Gasteiger partial charge in [-0.05, 0) is 44.0 Å². The molecule has 0 amide bonds. The van der Waals surface area contributed by atoms with Crippen molar-refractivity contribution < 1.29 is 4.74 Å². The zero-order valence-corrected chi connectivity index (χ0v) is 12.5. The molecule has 1 N–H and O–H groups in total. The van der Waals surface area contributed by atoms with E-state index in [4.69, 9.17) is 10.00 Å². The van der Waals surface area contributed by atoms with Crippen LogP contribution in [0.3, 0.4) is 0 Å². The molecule has 2 aromatic rings. The van der Waals surface area contributed by atoms with E-state index in [-0.39, 0.29) is 0 Å². The van der Waals surface area contributed by atoms with Gasteiger partial charge in [0, 0.05) is 18.1 Å². The Hall–Kier alpha value is -2.13. The number of benzene rings is 1. The van der Waals surface area contributed by atoms with Crippen molar-refractivity contribution in [1.82, 2.24) is 9.59 Å². The van der Waals surface area contributed by atoms with E-state index in [1.165, 1.54) is 11.5 Å². The van der Waals surface area contributed by atoms with Gasteiger partial charge < -0.3 is 10.1 Å². The summed E-state index contributed by atoms with van der Waals surface area (Å²) in [7, 11) is 0. The van der Waals surface area contributed by atoms with Crippen LogP contribution in [-0.2, 0) is 6.61 Å². The molecular weight excluding hydrogens is 272 g/mol. The number of ether oxygens (including phenoxy) is 1. The van der Waals surface area contributed by atoms with Crippen LogP contribution in [-0.4, -0.2) is 16.1 Å². The first-order valence-electron chi connectivity index (χ1n) is 6.35. The highest BCUT2D eigenvalue weighted by Crippen LogP contribution is 2.26. The van der Waals surface area contributed by atoms with Crippen LogP contribution in [0.4, 0.5) is 5.00 Å². The predicted octanol–water partition coefficient (Wildman–Crippen LogP) is 3.04. The van der Waals surface area contributed by atoms with E-state index in [9.17, 15) is 0 Å². The fraction of sp³-hybridized carbons (Fsp3) is 0.357. The van der Waals surface area contributed by atoms with Gasteiger partial charge in [0.05, 0.1) is 11.6 Å². The van der Waals surface area contributed by atoms with Gasteiger partial charge in [-0.2, -0.15) is 5.26 Å². The first kappa shape index (κ1) is 14.3. The average molecular weight is 288 g/mol. The quantitative estimate of drug-likeness (QED) is 0.915. The molecule has 0 aliphatic rings. The lowest BCUT2D eigenvalue weighted by atomic mass is 10.1. The molecule has 0 saturated carbocycles. The molecule has 0 bridgehead atoms. The van der Waals surface area contributed by atoms with Crippen LogP contribution in [0.25, 0.3) is 0 Å². The minimum atomic E-state index is 0.367. The van der Waals surface area contributed by atoms with Crippen molar-refractivity contribution >= 4 is 16.5 Å². The van der Waals surface area contributed by atoms with Crippen LogP contribution in [0.2, 0.25) is 0 Å². The molecule has 5 nitrogen and oxygen atoms in total. The van der Waals surface area contributed by atoms with E-state index < -0.39 is 0 Å². The smallest absolute Gasteiger partial charge is 0.136 e. The number of aromatic nitrogens is 2. The fourth-order valence-corrected chi connectivity index (χ4v) is 2.62. The van der Waals surface area contributed by atoms with E-state index in [0.29, 0.717) is 12.2 Å². The van der Waals surface area contributed by atoms with Crippen LogP contribution in [0, 0.1) is 25.2 Å². The van der Waals surface area contributed by atoms with Gasteiger partial charge in [0.25, 0.3) is 0 Å². The molecule has 0 aliphatic carbocycles. The second kappa shape index (κ2) is 6.35. The third-order valence-corrected chi connectivity index (χ3v) is 3.56. The molecule has 0 radical (unpaired) electrons. The minimum absolute atomic E-state index is 0.367. The summed E-state index contributed by atoms with van der Waals surface area (Å²) in [4.78, 5) is 0. The Labute approximate surface area is 122 Å². The molecule has 2 rings (SSSR count). The lowest BCUT2D eigenvalue weighted by molar-refractivity contribution is 0.297. The molecule has 6 heteroatoms. The third-order valence-electron chi connectivity index (χ3n) is 2.84. The summed E-state index contributed by atoms with van der Waals surface area (Å²) in [5.74, 6) is 0.805. The van der Waals surface area contributed by atoms with Crippen LogP contribution >= 0.6 is 11.5 Å². The lowest BCUT2D eigenvalue weighted by Gasteiger charge is -2.12. The summed E-state index contributed by atoms with van der Waals surface area (Å²) in [6.45, 7) is 7.10.